The monoisotopic (exact) mass is 256 g/mol. The van der Waals surface area contributed by atoms with Crippen LogP contribution in [0.4, 0.5) is 10.3 Å². The van der Waals surface area contributed by atoms with Crippen molar-refractivity contribution >= 4 is 15.7 Å². The molecule has 0 bridgehead atoms. The Morgan fingerprint density at radius 3 is 2.65 bits per heavy atom. The van der Waals surface area contributed by atoms with Crippen molar-refractivity contribution in [3.63, 3.8) is 0 Å². The van der Waals surface area contributed by atoms with Gasteiger partial charge < -0.3 is 10.3 Å². The first-order valence-corrected chi connectivity index (χ1v) is 6.50. The molecule has 2 N–H and O–H groups in total. The van der Waals surface area contributed by atoms with Crippen molar-refractivity contribution in [3.8, 4) is 11.3 Å². The molecule has 0 aliphatic rings. The molecule has 0 atom stereocenters. The van der Waals surface area contributed by atoms with Gasteiger partial charge >= 0.3 is 0 Å². The van der Waals surface area contributed by atoms with Gasteiger partial charge in [0, 0.05) is 12.3 Å². The number of hydrogen-bond donors (Lipinski definition) is 1. The van der Waals surface area contributed by atoms with E-state index in [1.54, 1.807) is 0 Å². The molecule has 0 saturated carbocycles. The number of nitrogens with zero attached hydrogens (tertiary/aromatic N) is 1. The van der Waals surface area contributed by atoms with E-state index in [2.05, 4.69) is 9.68 Å². The zero-order valence-corrected chi connectivity index (χ0v) is 9.66. The van der Waals surface area contributed by atoms with Crippen molar-refractivity contribution in [2.75, 3.05) is 12.0 Å². The second-order valence-electron chi connectivity index (χ2n) is 3.50. The lowest BCUT2D eigenvalue weighted by Gasteiger charge is -2.05. The summed E-state index contributed by atoms with van der Waals surface area (Å²) in [5.74, 6) is -0.705. The molecule has 0 unspecified atom stereocenters. The third-order valence-corrected chi connectivity index (χ3v) is 3.30. The topological polar surface area (TPSA) is 86.2 Å². The van der Waals surface area contributed by atoms with E-state index >= 15 is 0 Å². The summed E-state index contributed by atoms with van der Waals surface area (Å²) in [7, 11) is -3.56. The minimum Gasteiger partial charge on any atom is -0.368 e. The van der Waals surface area contributed by atoms with Crippen molar-refractivity contribution in [3.05, 3.63) is 30.1 Å². The molecule has 2 rings (SSSR count). The van der Waals surface area contributed by atoms with Crippen LogP contribution in [-0.2, 0) is 9.84 Å². The number of sulfone groups is 1. The van der Waals surface area contributed by atoms with Gasteiger partial charge in [-0.25, -0.2) is 12.8 Å². The molecule has 1 aromatic heterocycles. The third kappa shape index (κ3) is 2.14. The second kappa shape index (κ2) is 3.85. The molecule has 1 aromatic carbocycles. The summed E-state index contributed by atoms with van der Waals surface area (Å²) < 4.78 is 41.4. The van der Waals surface area contributed by atoms with E-state index in [0.29, 0.717) is 0 Å². The quantitative estimate of drug-likeness (QED) is 0.879. The standard InChI is InChI=1S/C10H9FN2O3S/c1-17(14,15)8-4-2-3-6(11)10(8)7-5-9(12)16-13-7/h2-5H,12H2,1H3. The van der Waals surface area contributed by atoms with Crippen LogP contribution in [0.2, 0.25) is 0 Å². The minimum atomic E-state index is -3.56. The van der Waals surface area contributed by atoms with Crippen LogP contribution in [0.25, 0.3) is 11.3 Å². The molecule has 0 aliphatic carbocycles. The van der Waals surface area contributed by atoms with E-state index in [0.717, 1.165) is 12.3 Å². The van der Waals surface area contributed by atoms with Gasteiger partial charge in [0.05, 0.1) is 10.5 Å². The van der Waals surface area contributed by atoms with Crippen LogP contribution >= 0.6 is 0 Å². The van der Waals surface area contributed by atoms with Crippen molar-refractivity contribution in [1.29, 1.82) is 0 Å². The van der Waals surface area contributed by atoms with E-state index in [-0.39, 0.29) is 22.0 Å². The van der Waals surface area contributed by atoms with Gasteiger partial charge in [0.1, 0.15) is 11.5 Å². The number of rotatable bonds is 2. The largest absolute Gasteiger partial charge is 0.368 e. The van der Waals surface area contributed by atoms with Crippen molar-refractivity contribution in [2.24, 2.45) is 0 Å². The molecule has 1 heterocycles. The second-order valence-corrected chi connectivity index (χ2v) is 5.48. The molecule has 90 valence electrons. The van der Waals surface area contributed by atoms with Crippen LogP contribution in [-0.4, -0.2) is 19.8 Å². The Bertz CT molecular complexity index is 664. The van der Waals surface area contributed by atoms with Crippen molar-refractivity contribution in [2.45, 2.75) is 4.90 Å². The highest BCUT2D eigenvalue weighted by Gasteiger charge is 2.20. The Morgan fingerprint density at radius 1 is 1.41 bits per heavy atom. The van der Waals surface area contributed by atoms with E-state index < -0.39 is 15.7 Å². The summed E-state index contributed by atoms with van der Waals surface area (Å²) in [6.45, 7) is 0. The van der Waals surface area contributed by atoms with Crippen LogP contribution in [0.15, 0.2) is 33.7 Å². The summed E-state index contributed by atoms with van der Waals surface area (Å²) in [5, 5.41) is 3.52. The fraction of sp³-hybridized carbons (Fsp3) is 0.100. The Balaban J connectivity index is 2.76. The molecule has 0 aliphatic heterocycles. The van der Waals surface area contributed by atoms with Gasteiger partial charge in [0.2, 0.25) is 5.88 Å². The molecule has 0 spiro atoms. The summed E-state index contributed by atoms with van der Waals surface area (Å²) in [6, 6.07) is 5.04. The number of anilines is 1. The fourth-order valence-electron chi connectivity index (χ4n) is 1.47. The van der Waals surface area contributed by atoms with Gasteiger partial charge in [-0.1, -0.05) is 11.2 Å². The predicted molar refractivity (Wildman–Crippen MR) is 59.4 cm³/mol. The predicted octanol–water partition coefficient (Wildman–Crippen LogP) is 1.47. The Hall–Kier alpha value is -1.89. The van der Waals surface area contributed by atoms with Gasteiger partial charge in [0.25, 0.3) is 0 Å². The van der Waals surface area contributed by atoms with Crippen molar-refractivity contribution in [1.82, 2.24) is 5.16 Å². The Labute approximate surface area is 96.9 Å². The van der Waals surface area contributed by atoms with Crippen LogP contribution < -0.4 is 5.73 Å². The van der Waals surface area contributed by atoms with E-state index in [4.69, 9.17) is 5.73 Å². The Morgan fingerprint density at radius 2 is 2.12 bits per heavy atom. The Kier molecular flexibility index (Phi) is 2.62. The van der Waals surface area contributed by atoms with Crippen molar-refractivity contribution < 1.29 is 17.3 Å². The van der Waals surface area contributed by atoms with E-state index in [9.17, 15) is 12.8 Å². The molecular formula is C10H9FN2O3S. The van der Waals surface area contributed by atoms with E-state index in [1.165, 1.54) is 18.2 Å². The van der Waals surface area contributed by atoms with Crippen LogP contribution in [0.1, 0.15) is 0 Å². The average Bonchev–Trinajstić information content (AvgIpc) is 2.63. The van der Waals surface area contributed by atoms with Gasteiger partial charge in [-0.3, -0.25) is 0 Å². The number of benzene rings is 1. The molecule has 0 amide bonds. The smallest absolute Gasteiger partial charge is 0.222 e. The highest BCUT2D eigenvalue weighted by molar-refractivity contribution is 7.90. The average molecular weight is 256 g/mol. The van der Waals surface area contributed by atoms with Crippen LogP contribution in [0.5, 0.6) is 0 Å². The third-order valence-electron chi connectivity index (χ3n) is 2.16. The first-order chi connectivity index (χ1) is 7.89. The number of nitrogen functional groups attached to an aromatic ring is 1. The lowest BCUT2D eigenvalue weighted by atomic mass is 10.1. The van der Waals surface area contributed by atoms with Gasteiger partial charge in [0.15, 0.2) is 9.84 Å². The zero-order valence-electron chi connectivity index (χ0n) is 8.84. The fourth-order valence-corrected chi connectivity index (χ4v) is 2.37. The molecule has 17 heavy (non-hydrogen) atoms. The number of aromatic nitrogens is 1. The molecule has 0 fully saturated rings. The maximum atomic E-state index is 13.7. The minimum absolute atomic E-state index is 0.0114. The van der Waals surface area contributed by atoms with Crippen LogP contribution in [0.3, 0.4) is 0 Å². The highest BCUT2D eigenvalue weighted by atomic mass is 32.2. The molecule has 2 aromatic rings. The molecule has 5 nitrogen and oxygen atoms in total. The number of halogens is 1. The normalized spacial score (nSPS) is 11.6. The lowest BCUT2D eigenvalue weighted by molar-refractivity contribution is 0.438. The van der Waals surface area contributed by atoms with Gasteiger partial charge in [-0.05, 0) is 12.1 Å². The molecule has 7 heteroatoms. The molecule has 0 radical (unpaired) electrons. The molecule has 0 saturated heterocycles. The first-order valence-electron chi connectivity index (χ1n) is 4.61. The number of nitrogens with two attached hydrogens (primary N) is 1. The van der Waals surface area contributed by atoms with E-state index in [1.807, 2.05) is 0 Å². The number of hydrogen-bond acceptors (Lipinski definition) is 5. The lowest BCUT2D eigenvalue weighted by Crippen LogP contribution is -2.01. The van der Waals surface area contributed by atoms with Crippen LogP contribution in [0, 0.1) is 5.82 Å². The van der Waals surface area contributed by atoms with Gasteiger partial charge in [-0.15, -0.1) is 0 Å². The van der Waals surface area contributed by atoms with Gasteiger partial charge in [-0.2, -0.15) is 0 Å². The first kappa shape index (κ1) is 11.6. The summed E-state index contributed by atoms with van der Waals surface area (Å²) in [6.07, 6.45) is 0.995. The molecular weight excluding hydrogens is 247 g/mol. The maximum absolute atomic E-state index is 13.7. The highest BCUT2D eigenvalue weighted by Crippen LogP contribution is 2.30. The zero-order chi connectivity index (χ0) is 12.6. The maximum Gasteiger partial charge on any atom is 0.222 e. The summed E-state index contributed by atoms with van der Waals surface area (Å²) in [5.41, 5.74) is 5.25. The SMILES string of the molecule is CS(=O)(=O)c1cccc(F)c1-c1cc(N)on1. The summed E-state index contributed by atoms with van der Waals surface area (Å²) >= 11 is 0. The summed E-state index contributed by atoms with van der Waals surface area (Å²) in [4.78, 5) is -0.147.